The first-order valence-electron chi connectivity index (χ1n) is 8.16. The summed E-state index contributed by atoms with van der Waals surface area (Å²) in [6.07, 6.45) is 15.3. The standard InChI is InChI=1S/C18H29FO2/c1-2-3-4-5-6-7-8-9-10-11-12-13-14-15-16-21-18(20)17-19/h3-4H,2,7-17H2,1H3/b4-3-. The van der Waals surface area contributed by atoms with E-state index in [4.69, 9.17) is 0 Å². The Morgan fingerprint density at radius 1 is 1.05 bits per heavy atom. The molecule has 0 fully saturated rings. The van der Waals surface area contributed by atoms with E-state index in [1.165, 1.54) is 32.1 Å². The number of hydrogen-bond acceptors (Lipinski definition) is 2. The second kappa shape index (κ2) is 16.8. The van der Waals surface area contributed by atoms with Crippen molar-refractivity contribution in [1.82, 2.24) is 0 Å². The Bertz CT molecular complexity index is 326. The predicted molar refractivity (Wildman–Crippen MR) is 85.7 cm³/mol. The van der Waals surface area contributed by atoms with Crippen molar-refractivity contribution in [1.29, 1.82) is 0 Å². The lowest BCUT2D eigenvalue weighted by atomic mass is 10.1. The monoisotopic (exact) mass is 296 g/mol. The van der Waals surface area contributed by atoms with Crippen LogP contribution in [-0.2, 0) is 9.53 Å². The fourth-order valence-corrected chi connectivity index (χ4v) is 1.91. The number of halogens is 1. The Balaban J connectivity index is 3.13. The molecule has 120 valence electrons. The zero-order valence-electron chi connectivity index (χ0n) is 13.3. The molecule has 0 saturated carbocycles. The van der Waals surface area contributed by atoms with Crippen LogP contribution in [0.15, 0.2) is 12.2 Å². The third-order valence-corrected chi connectivity index (χ3v) is 3.11. The normalized spacial score (nSPS) is 10.4. The van der Waals surface area contributed by atoms with Gasteiger partial charge in [0.1, 0.15) is 0 Å². The molecule has 0 aliphatic carbocycles. The minimum atomic E-state index is -1.01. The number of ether oxygens (including phenoxy) is 1. The van der Waals surface area contributed by atoms with Crippen LogP contribution in [0.2, 0.25) is 0 Å². The van der Waals surface area contributed by atoms with Crippen molar-refractivity contribution in [2.45, 2.75) is 71.1 Å². The molecule has 0 rings (SSSR count). The molecule has 0 saturated heterocycles. The number of unbranched alkanes of at least 4 members (excludes halogenated alkanes) is 8. The van der Waals surface area contributed by atoms with Crippen LogP contribution < -0.4 is 0 Å². The lowest BCUT2D eigenvalue weighted by molar-refractivity contribution is -0.144. The van der Waals surface area contributed by atoms with Crippen LogP contribution in [0.3, 0.4) is 0 Å². The Kier molecular flexibility index (Phi) is 15.7. The van der Waals surface area contributed by atoms with Crippen LogP contribution in [0.5, 0.6) is 0 Å². The molecule has 0 aromatic carbocycles. The van der Waals surface area contributed by atoms with Gasteiger partial charge >= 0.3 is 5.97 Å². The molecule has 0 unspecified atom stereocenters. The predicted octanol–water partition coefficient (Wildman–Crippen LogP) is 4.98. The minimum Gasteiger partial charge on any atom is -0.464 e. The van der Waals surface area contributed by atoms with Crippen LogP contribution >= 0.6 is 0 Å². The van der Waals surface area contributed by atoms with Gasteiger partial charge in [0.15, 0.2) is 6.67 Å². The maximum absolute atomic E-state index is 11.8. The molecule has 0 atom stereocenters. The van der Waals surface area contributed by atoms with Crippen molar-refractivity contribution < 1.29 is 13.9 Å². The smallest absolute Gasteiger partial charge is 0.337 e. The number of alkyl halides is 1. The molecule has 21 heavy (non-hydrogen) atoms. The molecular formula is C18H29FO2. The highest BCUT2D eigenvalue weighted by Gasteiger charge is 1.99. The first-order chi connectivity index (χ1) is 10.3. The van der Waals surface area contributed by atoms with E-state index in [-0.39, 0.29) is 0 Å². The Morgan fingerprint density at radius 3 is 2.29 bits per heavy atom. The number of rotatable bonds is 12. The van der Waals surface area contributed by atoms with Gasteiger partial charge in [0, 0.05) is 6.42 Å². The van der Waals surface area contributed by atoms with Crippen molar-refractivity contribution in [2.75, 3.05) is 13.3 Å². The SMILES string of the molecule is CC/C=C\C#CCCCCCCCCCCOC(=O)CF. The molecule has 0 heterocycles. The first-order valence-corrected chi connectivity index (χ1v) is 8.16. The summed E-state index contributed by atoms with van der Waals surface area (Å²) in [7, 11) is 0. The van der Waals surface area contributed by atoms with E-state index >= 15 is 0 Å². The third kappa shape index (κ3) is 16.6. The maximum Gasteiger partial charge on any atom is 0.337 e. The Hall–Kier alpha value is -1.30. The van der Waals surface area contributed by atoms with Crippen molar-refractivity contribution >= 4 is 5.97 Å². The number of carbonyl (C=O) groups excluding carboxylic acids is 1. The highest BCUT2D eigenvalue weighted by molar-refractivity contribution is 5.70. The third-order valence-electron chi connectivity index (χ3n) is 3.11. The molecule has 0 radical (unpaired) electrons. The first kappa shape index (κ1) is 19.7. The summed E-state index contributed by atoms with van der Waals surface area (Å²) in [6, 6.07) is 0. The van der Waals surface area contributed by atoms with Gasteiger partial charge in [0.05, 0.1) is 6.61 Å². The molecule has 2 nitrogen and oxygen atoms in total. The van der Waals surface area contributed by atoms with Gasteiger partial charge in [0.25, 0.3) is 0 Å². The van der Waals surface area contributed by atoms with E-state index in [0.717, 1.165) is 32.1 Å². The lowest BCUT2D eigenvalue weighted by Gasteiger charge is -2.03. The number of carbonyl (C=O) groups is 1. The van der Waals surface area contributed by atoms with E-state index < -0.39 is 12.6 Å². The summed E-state index contributed by atoms with van der Waals surface area (Å²) in [5.41, 5.74) is 0. The van der Waals surface area contributed by atoms with Gasteiger partial charge in [-0.3, -0.25) is 0 Å². The lowest BCUT2D eigenvalue weighted by Crippen LogP contribution is -2.07. The second-order valence-electron chi connectivity index (χ2n) is 5.06. The second-order valence-corrected chi connectivity index (χ2v) is 5.06. The van der Waals surface area contributed by atoms with Crippen LogP contribution in [0, 0.1) is 11.8 Å². The van der Waals surface area contributed by atoms with Crippen molar-refractivity contribution in [3.05, 3.63) is 12.2 Å². The van der Waals surface area contributed by atoms with Gasteiger partial charge in [-0.1, -0.05) is 63.4 Å². The van der Waals surface area contributed by atoms with Crippen LogP contribution in [-0.4, -0.2) is 19.3 Å². The largest absolute Gasteiger partial charge is 0.464 e. The Morgan fingerprint density at radius 2 is 1.67 bits per heavy atom. The van der Waals surface area contributed by atoms with Gasteiger partial charge in [-0.15, -0.1) is 0 Å². The number of hydrogen-bond donors (Lipinski definition) is 0. The summed E-state index contributed by atoms with van der Waals surface area (Å²) >= 11 is 0. The van der Waals surface area contributed by atoms with Gasteiger partial charge in [-0.25, -0.2) is 9.18 Å². The molecule has 3 heteroatoms. The topological polar surface area (TPSA) is 26.3 Å². The zero-order valence-corrected chi connectivity index (χ0v) is 13.3. The van der Waals surface area contributed by atoms with Crippen molar-refractivity contribution in [3.8, 4) is 11.8 Å². The minimum absolute atomic E-state index is 0.355. The molecule has 0 amide bonds. The fraction of sp³-hybridized carbons (Fsp3) is 0.722. The Labute approximate surface area is 129 Å². The summed E-state index contributed by atoms with van der Waals surface area (Å²) < 4.78 is 16.4. The molecule has 0 bridgehead atoms. The highest BCUT2D eigenvalue weighted by atomic mass is 19.1. The summed E-state index contributed by atoms with van der Waals surface area (Å²) in [6.45, 7) is 1.45. The van der Waals surface area contributed by atoms with Crippen molar-refractivity contribution in [3.63, 3.8) is 0 Å². The molecular weight excluding hydrogens is 267 g/mol. The summed E-state index contributed by atoms with van der Waals surface area (Å²) in [4.78, 5) is 10.5. The van der Waals surface area contributed by atoms with Crippen molar-refractivity contribution in [2.24, 2.45) is 0 Å². The van der Waals surface area contributed by atoms with E-state index in [1.54, 1.807) is 0 Å². The summed E-state index contributed by atoms with van der Waals surface area (Å²) in [5.74, 6) is 5.45. The number of allylic oxidation sites excluding steroid dienone is 2. The molecule has 0 aromatic rings. The van der Waals surface area contributed by atoms with Gasteiger partial charge < -0.3 is 4.74 Å². The van der Waals surface area contributed by atoms with E-state index in [2.05, 4.69) is 29.6 Å². The van der Waals surface area contributed by atoms with Crippen LogP contribution in [0.1, 0.15) is 71.1 Å². The average Bonchev–Trinajstić information content (AvgIpc) is 2.50. The van der Waals surface area contributed by atoms with Gasteiger partial charge in [-0.2, -0.15) is 0 Å². The van der Waals surface area contributed by atoms with Crippen LogP contribution in [0.25, 0.3) is 0 Å². The average molecular weight is 296 g/mol. The van der Waals surface area contributed by atoms with E-state index in [9.17, 15) is 9.18 Å². The zero-order chi connectivity index (χ0) is 15.6. The fourth-order valence-electron chi connectivity index (χ4n) is 1.91. The molecule has 0 spiro atoms. The highest BCUT2D eigenvalue weighted by Crippen LogP contribution is 2.09. The van der Waals surface area contributed by atoms with Gasteiger partial charge in [-0.05, 0) is 25.3 Å². The molecule has 0 aliphatic rings. The molecule has 0 aliphatic heterocycles. The molecule has 0 aromatic heterocycles. The van der Waals surface area contributed by atoms with E-state index in [1.807, 2.05) is 6.08 Å². The maximum atomic E-state index is 11.8. The van der Waals surface area contributed by atoms with Crippen LogP contribution in [0.4, 0.5) is 4.39 Å². The molecule has 0 N–H and O–H groups in total. The summed E-state index contributed by atoms with van der Waals surface area (Å²) in [5, 5.41) is 0. The number of esters is 1. The van der Waals surface area contributed by atoms with Gasteiger partial charge in [0.2, 0.25) is 0 Å². The quantitative estimate of drug-likeness (QED) is 0.288. The van der Waals surface area contributed by atoms with E-state index in [0.29, 0.717) is 6.61 Å².